The van der Waals surface area contributed by atoms with Crippen molar-refractivity contribution < 1.29 is 28.6 Å². The number of ether oxygens (including phenoxy) is 3. The molecule has 6 nitrogen and oxygen atoms in total. The minimum atomic E-state index is -0.799. The van der Waals surface area contributed by atoms with Gasteiger partial charge in [0.25, 0.3) is 0 Å². The Kier molecular flexibility index (Phi) is 60.9. The Hall–Kier alpha value is -4.71. The Morgan fingerprint density at radius 1 is 0.269 bits per heavy atom. The molecule has 0 heterocycles. The van der Waals surface area contributed by atoms with E-state index in [2.05, 4.69) is 167 Å². The van der Waals surface area contributed by atoms with Gasteiger partial charge in [0.05, 0.1) is 0 Å². The first-order valence-electron chi connectivity index (χ1n) is 31.8. The van der Waals surface area contributed by atoms with Crippen molar-refractivity contribution in [3.8, 4) is 0 Å². The largest absolute Gasteiger partial charge is 0.462 e. The molecule has 0 radical (unpaired) electrons. The zero-order valence-corrected chi connectivity index (χ0v) is 50.4. The fourth-order valence-corrected chi connectivity index (χ4v) is 8.39. The second kappa shape index (κ2) is 64.8. The summed E-state index contributed by atoms with van der Waals surface area (Å²) < 4.78 is 16.8. The minimum absolute atomic E-state index is 0.0956. The van der Waals surface area contributed by atoms with Crippen LogP contribution in [0.15, 0.2) is 146 Å². The van der Waals surface area contributed by atoms with E-state index in [-0.39, 0.29) is 37.5 Å². The van der Waals surface area contributed by atoms with Crippen LogP contribution in [0.2, 0.25) is 0 Å². The first-order valence-corrected chi connectivity index (χ1v) is 31.8. The summed E-state index contributed by atoms with van der Waals surface area (Å²) in [6.07, 6.45) is 93.2. The van der Waals surface area contributed by atoms with Gasteiger partial charge < -0.3 is 14.2 Å². The van der Waals surface area contributed by atoms with E-state index in [1.807, 2.05) is 0 Å². The first kappa shape index (κ1) is 73.3. The molecule has 0 N–H and O–H groups in total. The molecule has 0 aromatic carbocycles. The van der Waals surface area contributed by atoms with Crippen molar-refractivity contribution in [2.75, 3.05) is 13.2 Å². The topological polar surface area (TPSA) is 78.9 Å². The molecule has 78 heavy (non-hydrogen) atoms. The van der Waals surface area contributed by atoms with E-state index in [1.165, 1.54) is 89.9 Å². The standard InChI is InChI=1S/C72H116O6/c1-4-7-10-13-16-18-20-22-24-26-28-30-32-34-35-36-37-39-40-42-44-46-48-50-52-54-56-59-62-65-71(74)77-68-69(67-76-70(73)64-61-58-15-12-9-6-3)78-72(75)66-63-60-57-55-53-51-49-47-45-43-41-38-33-31-29-27-25-23-21-19-17-14-11-8-5-2/h7-8,10-11,16-19,22-25,28-31,34-35,38,41,45,47,51,53,69H,4-6,9,12-15,20-21,26-27,32-33,36-37,39-40,42-44,46,48-50,52,54-68H2,1-3H3/b10-7-,11-8-,18-16-,19-17-,24-22-,25-23-,30-28-,31-29-,35-34-,41-38-,47-45-,53-51-. The smallest absolute Gasteiger partial charge is 0.306 e. The second-order valence-corrected chi connectivity index (χ2v) is 20.6. The van der Waals surface area contributed by atoms with Crippen molar-refractivity contribution in [1.29, 1.82) is 0 Å². The van der Waals surface area contributed by atoms with E-state index in [1.54, 1.807) is 0 Å². The van der Waals surface area contributed by atoms with Gasteiger partial charge in [-0.15, -0.1) is 0 Å². The Morgan fingerprint density at radius 2 is 0.500 bits per heavy atom. The third-order valence-electron chi connectivity index (χ3n) is 13.1. The van der Waals surface area contributed by atoms with Crippen LogP contribution in [-0.4, -0.2) is 37.2 Å². The van der Waals surface area contributed by atoms with Crippen molar-refractivity contribution in [2.45, 2.75) is 277 Å². The lowest BCUT2D eigenvalue weighted by Gasteiger charge is -2.18. The van der Waals surface area contributed by atoms with Crippen molar-refractivity contribution in [2.24, 2.45) is 0 Å². The molecule has 0 aromatic rings. The van der Waals surface area contributed by atoms with Gasteiger partial charge in [0.1, 0.15) is 13.2 Å². The van der Waals surface area contributed by atoms with Gasteiger partial charge in [-0.1, -0.05) is 276 Å². The molecular weight excluding hydrogens is 961 g/mol. The maximum Gasteiger partial charge on any atom is 0.306 e. The average Bonchev–Trinajstić information content (AvgIpc) is 3.44. The van der Waals surface area contributed by atoms with Gasteiger partial charge in [-0.3, -0.25) is 14.4 Å². The third-order valence-corrected chi connectivity index (χ3v) is 13.1. The van der Waals surface area contributed by atoms with Crippen LogP contribution in [0.5, 0.6) is 0 Å². The number of unbranched alkanes of at least 4 members (excludes halogenated alkanes) is 21. The van der Waals surface area contributed by atoms with E-state index in [4.69, 9.17) is 14.2 Å². The first-order chi connectivity index (χ1) is 38.5. The molecule has 0 fully saturated rings. The zero-order valence-electron chi connectivity index (χ0n) is 50.4. The summed E-state index contributed by atoms with van der Waals surface area (Å²) in [7, 11) is 0. The van der Waals surface area contributed by atoms with Crippen LogP contribution in [0.1, 0.15) is 271 Å². The summed E-state index contributed by atoms with van der Waals surface area (Å²) in [4.78, 5) is 38.0. The molecule has 0 aliphatic carbocycles. The van der Waals surface area contributed by atoms with E-state index in [0.717, 1.165) is 141 Å². The number of allylic oxidation sites excluding steroid dienone is 24. The van der Waals surface area contributed by atoms with Crippen LogP contribution in [-0.2, 0) is 28.6 Å². The number of rotatable bonds is 56. The Morgan fingerprint density at radius 3 is 0.795 bits per heavy atom. The Balaban J connectivity index is 4.18. The van der Waals surface area contributed by atoms with Crippen LogP contribution in [0, 0.1) is 0 Å². The number of hydrogen-bond acceptors (Lipinski definition) is 6. The van der Waals surface area contributed by atoms with E-state index in [0.29, 0.717) is 12.8 Å². The van der Waals surface area contributed by atoms with Gasteiger partial charge in [0, 0.05) is 19.3 Å². The predicted octanol–water partition coefficient (Wildman–Crippen LogP) is 21.9. The van der Waals surface area contributed by atoms with Crippen molar-refractivity contribution in [3.05, 3.63) is 146 Å². The molecule has 1 unspecified atom stereocenters. The molecule has 0 saturated carbocycles. The van der Waals surface area contributed by atoms with Crippen LogP contribution in [0.3, 0.4) is 0 Å². The van der Waals surface area contributed by atoms with Crippen LogP contribution in [0.25, 0.3) is 0 Å². The monoisotopic (exact) mass is 1080 g/mol. The summed E-state index contributed by atoms with van der Waals surface area (Å²) in [6, 6.07) is 0. The molecule has 6 heteroatoms. The fraction of sp³-hybridized carbons (Fsp3) is 0.625. The van der Waals surface area contributed by atoms with Crippen LogP contribution < -0.4 is 0 Å². The molecule has 0 aromatic heterocycles. The molecule has 0 saturated heterocycles. The molecule has 0 aliphatic rings. The second-order valence-electron chi connectivity index (χ2n) is 20.6. The lowest BCUT2D eigenvalue weighted by atomic mass is 10.0. The van der Waals surface area contributed by atoms with Crippen LogP contribution >= 0.6 is 0 Å². The normalized spacial score (nSPS) is 13.1. The summed E-state index contributed by atoms with van der Waals surface area (Å²) in [6.45, 7) is 6.32. The number of esters is 3. The number of carbonyl (C=O) groups excluding carboxylic acids is 3. The summed E-state index contributed by atoms with van der Waals surface area (Å²) in [5.41, 5.74) is 0. The zero-order chi connectivity index (χ0) is 56.4. The molecular formula is C72H116O6. The van der Waals surface area contributed by atoms with Crippen LogP contribution in [0.4, 0.5) is 0 Å². The van der Waals surface area contributed by atoms with Gasteiger partial charge in [0.2, 0.25) is 0 Å². The molecule has 440 valence electrons. The van der Waals surface area contributed by atoms with Gasteiger partial charge >= 0.3 is 17.9 Å². The summed E-state index contributed by atoms with van der Waals surface area (Å²) in [5.74, 6) is -0.941. The maximum atomic E-state index is 12.8. The highest BCUT2D eigenvalue weighted by molar-refractivity contribution is 5.71. The highest BCUT2D eigenvalue weighted by atomic mass is 16.6. The minimum Gasteiger partial charge on any atom is -0.462 e. The maximum absolute atomic E-state index is 12.8. The molecule has 0 bridgehead atoms. The Labute approximate surface area is 480 Å². The van der Waals surface area contributed by atoms with Gasteiger partial charge in [-0.25, -0.2) is 0 Å². The molecule has 0 rings (SSSR count). The fourth-order valence-electron chi connectivity index (χ4n) is 8.39. The quantitative estimate of drug-likeness (QED) is 0.0261. The summed E-state index contributed by atoms with van der Waals surface area (Å²) in [5, 5.41) is 0. The third kappa shape index (κ3) is 62.1. The predicted molar refractivity (Wildman–Crippen MR) is 339 cm³/mol. The lowest BCUT2D eigenvalue weighted by Crippen LogP contribution is -2.30. The lowest BCUT2D eigenvalue weighted by molar-refractivity contribution is -0.167. The van der Waals surface area contributed by atoms with E-state index < -0.39 is 6.10 Å². The molecule has 0 amide bonds. The summed E-state index contributed by atoms with van der Waals surface area (Å²) >= 11 is 0. The van der Waals surface area contributed by atoms with Crippen molar-refractivity contribution in [3.63, 3.8) is 0 Å². The average molecular weight is 1080 g/mol. The van der Waals surface area contributed by atoms with E-state index >= 15 is 0 Å². The van der Waals surface area contributed by atoms with Gasteiger partial charge in [-0.05, 0) is 122 Å². The van der Waals surface area contributed by atoms with Gasteiger partial charge in [-0.2, -0.15) is 0 Å². The number of hydrogen-bond donors (Lipinski definition) is 0. The highest BCUT2D eigenvalue weighted by Crippen LogP contribution is 2.15. The Bertz CT molecular complexity index is 1710. The van der Waals surface area contributed by atoms with Crippen molar-refractivity contribution in [1.82, 2.24) is 0 Å². The van der Waals surface area contributed by atoms with E-state index in [9.17, 15) is 14.4 Å². The van der Waals surface area contributed by atoms with Gasteiger partial charge in [0.15, 0.2) is 6.10 Å². The number of carbonyl (C=O) groups is 3. The molecule has 1 atom stereocenters. The van der Waals surface area contributed by atoms with Crippen molar-refractivity contribution >= 4 is 17.9 Å². The SMILES string of the molecule is CC/C=C\C/C=C\C/C=C\C/C=C\C/C=C\C/C=C\C/C=C\CCCCCC(=O)OC(COC(=O)CCCCCCCC)COC(=O)CCCCCCCCCCCCCCC/C=C\C/C=C\C/C=C\C/C=C\C/C=C\CC. The molecule has 0 spiro atoms. The molecule has 0 aliphatic heterocycles. The highest BCUT2D eigenvalue weighted by Gasteiger charge is 2.19.